The largest absolute Gasteiger partial charge is 0.416 e. The van der Waals surface area contributed by atoms with Gasteiger partial charge in [-0.3, -0.25) is 14.1 Å². The van der Waals surface area contributed by atoms with Gasteiger partial charge in [-0.25, -0.2) is 4.98 Å². The molecule has 0 atom stereocenters. The zero-order valence-corrected chi connectivity index (χ0v) is 23.7. The van der Waals surface area contributed by atoms with E-state index in [1.54, 1.807) is 29.1 Å². The summed E-state index contributed by atoms with van der Waals surface area (Å²) in [5.74, 6) is 0.664. The maximum absolute atomic E-state index is 14.2. The second kappa shape index (κ2) is 13.1. The molecule has 0 fully saturated rings. The number of halogens is 4. The number of benzene rings is 1. The third-order valence-electron chi connectivity index (χ3n) is 6.80. The molecule has 2 aromatic heterocycles. The van der Waals surface area contributed by atoms with Gasteiger partial charge in [-0.05, 0) is 73.3 Å². The van der Waals surface area contributed by atoms with Gasteiger partial charge >= 0.3 is 6.18 Å². The van der Waals surface area contributed by atoms with Crippen LogP contribution in [0.4, 0.5) is 29.2 Å². The highest BCUT2D eigenvalue weighted by atomic mass is 19.4. The van der Waals surface area contributed by atoms with Gasteiger partial charge in [-0.2, -0.15) is 13.2 Å². The monoisotopic (exact) mass is 583 g/mol. The minimum Gasteiger partial charge on any atom is -0.370 e. The third-order valence-corrected chi connectivity index (χ3v) is 6.80. The minimum atomic E-state index is -4.67. The molecule has 1 aromatic carbocycles. The Bertz CT molecular complexity index is 1520. The molecule has 2 N–H and O–H groups in total. The summed E-state index contributed by atoms with van der Waals surface area (Å²) >= 11 is 0. The van der Waals surface area contributed by atoms with Gasteiger partial charge in [0.25, 0.3) is 5.91 Å². The van der Waals surface area contributed by atoms with E-state index in [0.29, 0.717) is 41.4 Å². The number of nitrogens with one attached hydrogen (secondary N) is 2. The van der Waals surface area contributed by atoms with Crippen molar-refractivity contribution in [1.29, 1.82) is 0 Å². The van der Waals surface area contributed by atoms with E-state index in [-0.39, 0.29) is 36.5 Å². The van der Waals surface area contributed by atoms with E-state index in [2.05, 4.69) is 32.4 Å². The van der Waals surface area contributed by atoms with Gasteiger partial charge in [-0.1, -0.05) is 24.8 Å². The number of amides is 1. The summed E-state index contributed by atoms with van der Waals surface area (Å²) in [7, 11) is 1.81. The Morgan fingerprint density at radius 3 is 2.60 bits per heavy atom. The molecule has 3 aromatic rings. The van der Waals surface area contributed by atoms with E-state index >= 15 is 0 Å². The van der Waals surface area contributed by atoms with E-state index in [1.807, 2.05) is 33.0 Å². The molecule has 0 spiro atoms. The van der Waals surface area contributed by atoms with Crippen molar-refractivity contribution in [1.82, 2.24) is 25.1 Å². The van der Waals surface area contributed by atoms with Crippen molar-refractivity contribution in [3.8, 4) is 0 Å². The zero-order valence-electron chi connectivity index (χ0n) is 23.7. The molecule has 12 heteroatoms. The van der Waals surface area contributed by atoms with E-state index in [9.17, 15) is 22.4 Å². The number of fused-ring (bicyclic) bond motifs is 1. The van der Waals surface area contributed by atoms with E-state index in [4.69, 9.17) is 0 Å². The lowest BCUT2D eigenvalue weighted by molar-refractivity contribution is -0.138. The van der Waals surface area contributed by atoms with Crippen LogP contribution in [0.1, 0.15) is 58.7 Å². The Hall–Kier alpha value is -4.32. The lowest BCUT2D eigenvalue weighted by Crippen LogP contribution is -2.24. The van der Waals surface area contributed by atoms with Crippen LogP contribution in [0.5, 0.6) is 0 Å². The van der Waals surface area contributed by atoms with Crippen molar-refractivity contribution >= 4 is 28.7 Å². The van der Waals surface area contributed by atoms with Crippen molar-refractivity contribution in [3.63, 3.8) is 0 Å². The van der Waals surface area contributed by atoms with Crippen molar-refractivity contribution < 1.29 is 22.4 Å². The van der Waals surface area contributed by atoms with Crippen LogP contribution in [-0.4, -0.2) is 45.4 Å². The van der Waals surface area contributed by atoms with Crippen LogP contribution >= 0.6 is 0 Å². The van der Waals surface area contributed by atoms with Crippen molar-refractivity contribution in [3.05, 3.63) is 89.0 Å². The molecule has 1 aliphatic heterocycles. The molecule has 1 amide bonds. The highest BCUT2D eigenvalue weighted by Gasteiger charge is 2.41. The topological polar surface area (TPSA) is 88.0 Å². The van der Waals surface area contributed by atoms with Crippen molar-refractivity contribution in [2.45, 2.75) is 39.5 Å². The van der Waals surface area contributed by atoms with Crippen LogP contribution in [0, 0.1) is 0 Å². The molecule has 0 aliphatic carbocycles. The number of pyridine rings is 1. The smallest absolute Gasteiger partial charge is 0.370 e. The fourth-order valence-corrected chi connectivity index (χ4v) is 4.92. The van der Waals surface area contributed by atoms with Gasteiger partial charge in [-0.15, -0.1) is 10.2 Å². The summed E-state index contributed by atoms with van der Waals surface area (Å²) in [6.07, 6.45) is 2.45. The molecule has 8 nitrogen and oxygen atoms in total. The number of anilines is 2. The fourth-order valence-electron chi connectivity index (χ4n) is 4.92. The molecule has 0 radical (unpaired) electrons. The number of carbonyl (C=O) groups is 1. The summed E-state index contributed by atoms with van der Waals surface area (Å²) in [6.45, 7) is 7.67. The average Bonchev–Trinajstić information content (AvgIpc) is 3.53. The maximum Gasteiger partial charge on any atom is 0.416 e. The van der Waals surface area contributed by atoms with Gasteiger partial charge in [0.05, 0.1) is 18.8 Å². The van der Waals surface area contributed by atoms with Crippen LogP contribution in [0.2, 0.25) is 0 Å². The van der Waals surface area contributed by atoms with Gasteiger partial charge in [0, 0.05) is 31.3 Å². The number of aromatic nitrogens is 4. The van der Waals surface area contributed by atoms with Crippen LogP contribution < -0.4 is 15.5 Å². The molecule has 3 heterocycles. The normalized spacial score (nSPS) is 14.0. The molecule has 4 rings (SSSR count). The predicted molar refractivity (Wildman–Crippen MR) is 155 cm³/mol. The van der Waals surface area contributed by atoms with Crippen LogP contribution in [-0.2, 0) is 26.3 Å². The first-order chi connectivity index (χ1) is 20.1. The number of allylic oxidation sites excluding steroid dienone is 5. The molecule has 0 saturated carbocycles. The molecular weight excluding hydrogens is 550 g/mol. The first-order valence-electron chi connectivity index (χ1n) is 13.5. The quantitative estimate of drug-likeness (QED) is 0.156. The number of aryl methyl sites for hydroxylation is 1. The standard InChI is InChI=1S/C30H33F4N7O/c1-5-9-22(28-39-37-18-40(28)4)21(6-2)20-14-26(36-7-3)38-27(15-20)41-17-24-23(29(41)42)12-19(16-35-11-8-10-31)13-25(24)30(32,33)34/h5-6,9,12-15,18,35H,1,7-8,10-11,16-17H2,2-4H3,(H,36,38)/b21-6-,22-9+. The molecular formula is C30H33F4N7O. The summed E-state index contributed by atoms with van der Waals surface area (Å²) < 4.78 is 56.7. The van der Waals surface area contributed by atoms with Crippen LogP contribution in [0.15, 0.2) is 55.4 Å². The minimum absolute atomic E-state index is 0.0260. The second-order valence-electron chi connectivity index (χ2n) is 9.69. The first kappa shape index (κ1) is 30.6. The Kier molecular flexibility index (Phi) is 9.56. The Morgan fingerprint density at radius 2 is 1.98 bits per heavy atom. The second-order valence-corrected chi connectivity index (χ2v) is 9.69. The molecule has 222 valence electrons. The maximum atomic E-state index is 14.2. The SMILES string of the molecule is C=C/C=C(\C(=C/C)c1cc(NCC)nc(N2Cc3c(cc(CNCCCF)cc3C(F)(F)F)C2=O)c1)c1nncn1C. The van der Waals surface area contributed by atoms with Gasteiger partial charge in [0.1, 0.15) is 18.0 Å². The number of carbonyl (C=O) groups excluding carboxylic acids is 1. The Labute approximate surface area is 241 Å². The van der Waals surface area contributed by atoms with Crippen molar-refractivity contribution in [2.75, 3.05) is 30.0 Å². The first-order valence-corrected chi connectivity index (χ1v) is 13.5. The zero-order chi connectivity index (χ0) is 30.4. The van der Waals surface area contributed by atoms with Crippen LogP contribution in [0.3, 0.4) is 0 Å². The number of hydrogen-bond acceptors (Lipinski definition) is 6. The lowest BCUT2D eigenvalue weighted by Gasteiger charge is -2.20. The van der Waals surface area contributed by atoms with E-state index < -0.39 is 24.3 Å². The van der Waals surface area contributed by atoms with Crippen LogP contribution in [0.25, 0.3) is 11.1 Å². The fraction of sp³-hybridized carbons (Fsp3) is 0.333. The third kappa shape index (κ3) is 6.43. The van der Waals surface area contributed by atoms with E-state index in [0.717, 1.165) is 11.6 Å². The van der Waals surface area contributed by atoms with Gasteiger partial charge < -0.3 is 15.2 Å². The number of alkyl halides is 4. The molecule has 42 heavy (non-hydrogen) atoms. The Balaban J connectivity index is 1.78. The lowest BCUT2D eigenvalue weighted by atomic mass is 9.96. The van der Waals surface area contributed by atoms with E-state index in [1.165, 1.54) is 11.0 Å². The summed E-state index contributed by atoms with van der Waals surface area (Å²) in [5, 5.41) is 14.3. The highest BCUT2D eigenvalue weighted by molar-refractivity contribution is 6.11. The predicted octanol–water partition coefficient (Wildman–Crippen LogP) is 5.94. The molecule has 1 aliphatic rings. The average molecular weight is 584 g/mol. The summed E-state index contributed by atoms with van der Waals surface area (Å²) in [4.78, 5) is 19.5. The van der Waals surface area contributed by atoms with Gasteiger partial charge in [0.15, 0.2) is 5.82 Å². The molecule has 0 unspecified atom stereocenters. The molecule has 0 bridgehead atoms. The summed E-state index contributed by atoms with van der Waals surface area (Å²) in [5.41, 5.74) is 1.44. The highest BCUT2D eigenvalue weighted by Crippen LogP contribution is 2.40. The number of nitrogens with zero attached hydrogens (tertiary/aromatic N) is 5. The number of hydrogen-bond donors (Lipinski definition) is 2. The Morgan fingerprint density at radius 1 is 1.19 bits per heavy atom. The molecule has 0 saturated heterocycles. The van der Waals surface area contributed by atoms with Crippen molar-refractivity contribution in [2.24, 2.45) is 7.05 Å². The summed E-state index contributed by atoms with van der Waals surface area (Å²) in [6, 6.07) is 6.02. The number of rotatable bonds is 12. The van der Waals surface area contributed by atoms with Gasteiger partial charge in [0.2, 0.25) is 0 Å².